The summed E-state index contributed by atoms with van der Waals surface area (Å²) in [7, 11) is 0. The van der Waals surface area contributed by atoms with E-state index in [0.29, 0.717) is 12.2 Å². The van der Waals surface area contributed by atoms with Gasteiger partial charge in [-0.25, -0.2) is 4.79 Å². The molecule has 2 amide bonds. The van der Waals surface area contributed by atoms with Gasteiger partial charge in [-0.05, 0) is 24.1 Å². The average molecular weight is 327 g/mol. The number of aliphatic carboxylic acids is 1. The maximum Gasteiger partial charge on any atom is 0.321 e. The molecule has 19 heavy (non-hydrogen) atoms. The number of likely N-dealkylation sites (tertiary alicyclic amines) is 1. The first-order chi connectivity index (χ1) is 8.97. The van der Waals surface area contributed by atoms with Gasteiger partial charge in [0.1, 0.15) is 0 Å². The molecule has 0 spiro atoms. The highest BCUT2D eigenvalue weighted by Crippen LogP contribution is 2.24. The number of urea groups is 1. The molecule has 6 heteroatoms. The zero-order valence-corrected chi connectivity index (χ0v) is 12.1. The number of nitrogens with one attached hydrogen (secondary N) is 1. The molecule has 2 N–H and O–H groups in total. The molecule has 1 aromatic carbocycles. The third kappa shape index (κ3) is 3.26. The van der Waals surface area contributed by atoms with Crippen LogP contribution in [0.25, 0.3) is 0 Å². The Balaban J connectivity index is 2.00. The Kier molecular flexibility index (Phi) is 4.09. The van der Waals surface area contributed by atoms with E-state index in [0.717, 1.165) is 4.47 Å². The van der Waals surface area contributed by atoms with E-state index >= 15 is 0 Å². The van der Waals surface area contributed by atoms with E-state index < -0.39 is 11.9 Å². The maximum absolute atomic E-state index is 12.0. The zero-order chi connectivity index (χ0) is 14.0. The Morgan fingerprint density at radius 2 is 2.16 bits per heavy atom. The van der Waals surface area contributed by atoms with Crippen molar-refractivity contribution in [2.75, 3.05) is 18.4 Å². The number of nitrogens with zero attached hydrogens (tertiary/aromatic N) is 1. The van der Waals surface area contributed by atoms with Crippen molar-refractivity contribution in [3.8, 4) is 0 Å². The van der Waals surface area contributed by atoms with Gasteiger partial charge in [-0.2, -0.15) is 0 Å². The summed E-state index contributed by atoms with van der Waals surface area (Å²) >= 11 is 3.33. The SMILES string of the molecule is CC1CN(C(=O)Nc2cccc(Br)c2)CC1C(=O)O. The second-order valence-corrected chi connectivity index (χ2v) is 5.68. The molecule has 0 aromatic heterocycles. The number of rotatable bonds is 2. The van der Waals surface area contributed by atoms with Gasteiger partial charge in [0.05, 0.1) is 5.92 Å². The minimum atomic E-state index is -0.842. The number of carbonyl (C=O) groups excluding carboxylic acids is 1. The standard InChI is InChI=1S/C13H15BrN2O3/c1-8-6-16(7-11(8)12(17)18)13(19)15-10-4-2-3-9(14)5-10/h2-5,8,11H,6-7H2,1H3,(H,15,19)(H,17,18). The van der Waals surface area contributed by atoms with Gasteiger partial charge in [0, 0.05) is 23.2 Å². The predicted molar refractivity (Wildman–Crippen MR) is 75.0 cm³/mol. The first-order valence-electron chi connectivity index (χ1n) is 6.01. The molecule has 2 rings (SSSR count). The molecule has 2 atom stereocenters. The fourth-order valence-electron chi connectivity index (χ4n) is 2.22. The van der Waals surface area contributed by atoms with E-state index in [2.05, 4.69) is 21.2 Å². The van der Waals surface area contributed by atoms with Crippen molar-refractivity contribution in [2.45, 2.75) is 6.92 Å². The van der Waals surface area contributed by atoms with Gasteiger partial charge >= 0.3 is 12.0 Å². The van der Waals surface area contributed by atoms with Crippen LogP contribution in [0.4, 0.5) is 10.5 Å². The summed E-state index contributed by atoms with van der Waals surface area (Å²) in [4.78, 5) is 24.6. The lowest BCUT2D eigenvalue weighted by atomic mass is 9.99. The van der Waals surface area contributed by atoms with Crippen molar-refractivity contribution in [2.24, 2.45) is 11.8 Å². The van der Waals surface area contributed by atoms with E-state index in [1.165, 1.54) is 0 Å². The van der Waals surface area contributed by atoms with Gasteiger partial charge in [-0.3, -0.25) is 4.79 Å². The first-order valence-corrected chi connectivity index (χ1v) is 6.81. The van der Waals surface area contributed by atoms with Crippen molar-refractivity contribution in [1.82, 2.24) is 4.90 Å². The number of anilines is 1. The quantitative estimate of drug-likeness (QED) is 0.877. The maximum atomic E-state index is 12.0. The fraction of sp³-hybridized carbons (Fsp3) is 0.385. The minimum Gasteiger partial charge on any atom is -0.481 e. The number of carboxylic acids is 1. The average Bonchev–Trinajstić information content (AvgIpc) is 2.71. The van der Waals surface area contributed by atoms with Crippen LogP contribution in [0.2, 0.25) is 0 Å². The van der Waals surface area contributed by atoms with Crippen LogP contribution in [0.3, 0.4) is 0 Å². The zero-order valence-electron chi connectivity index (χ0n) is 10.5. The number of amides is 2. The first kappa shape index (κ1) is 13.9. The van der Waals surface area contributed by atoms with Crippen molar-refractivity contribution in [1.29, 1.82) is 0 Å². The van der Waals surface area contributed by atoms with Crippen LogP contribution in [-0.4, -0.2) is 35.1 Å². The summed E-state index contributed by atoms with van der Waals surface area (Å²) in [6.45, 7) is 2.58. The third-order valence-electron chi connectivity index (χ3n) is 3.29. The monoisotopic (exact) mass is 326 g/mol. The van der Waals surface area contributed by atoms with Crippen LogP contribution in [0.5, 0.6) is 0 Å². The summed E-state index contributed by atoms with van der Waals surface area (Å²) < 4.78 is 0.878. The van der Waals surface area contributed by atoms with Gasteiger partial charge in [0.2, 0.25) is 0 Å². The van der Waals surface area contributed by atoms with Crippen molar-refractivity contribution in [3.05, 3.63) is 28.7 Å². The Hall–Kier alpha value is -1.56. The van der Waals surface area contributed by atoms with Crippen LogP contribution < -0.4 is 5.32 Å². The summed E-state index contributed by atoms with van der Waals surface area (Å²) in [5, 5.41) is 11.8. The molecule has 1 aliphatic heterocycles. The molecule has 0 aliphatic carbocycles. The van der Waals surface area contributed by atoms with Crippen LogP contribution in [0, 0.1) is 11.8 Å². The molecule has 0 bridgehead atoms. The molecule has 102 valence electrons. The van der Waals surface area contributed by atoms with Gasteiger partial charge in [-0.1, -0.05) is 28.9 Å². The van der Waals surface area contributed by atoms with Crippen LogP contribution in [0.15, 0.2) is 28.7 Å². The summed E-state index contributed by atoms with van der Waals surface area (Å²) in [5.41, 5.74) is 0.686. The highest BCUT2D eigenvalue weighted by molar-refractivity contribution is 9.10. The van der Waals surface area contributed by atoms with Gasteiger partial charge in [-0.15, -0.1) is 0 Å². The molecular weight excluding hydrogens is 312 g/mol. The number of benzene rings is 1. The number of hydrogen-bond acceptors (Lipinski definition) is 2. The Morgan fingerprint density at radius 1 is 1.42 bits per heavy atom. The van der Waals surface area contributed by atoms with Gasteiger partial charge in [0.15, 0.2) is 0 Å². The molecule has 1 heterocycles. The Labute approximate surface area is 119 Å². The van der Waals surface area contributed by atoms with Crippen LogP contribution in [0.1, 0.15) is 6.92 Å². The molecule has 5 nitrogen and oxygen atoms in total. The fourth-order valence-corrected chi connectivity index (χ4v) is 2.62. The van der Waals surface area contributed by atoms with Crippen molar-refractivity contribution < 1.29 is 14.7 Å². The van der Waals surface area contributed by atoms with Crippen molar-refractivity contribution in [3.63, 3.8) is 0 Å². The number of carbonyl (C=O) groups is 2. The Morgan fingerprint density at radius 3 is 2.74 bits per heavy atom. The molecule has 2 unspecified atom stereocenters. The predicted octanol–water partition coefficient (Wildman–Crippen LogP) is 2.63. The third-order valence-corrected chi connectivity index (χ3v) is 3.79. The lowest BCUT2D eigenvalue weighted by Gasteiger charge is -2.17. The molecule has 0 saturated carbocycles. The lowest BCUT2D eigenvalue weighted by molar-refractivity contribution is -0.142. The summed E-state index contributed by atoms with van der Waals surface area (Å²) in [6, 6.07) is 7.03. The van der Waals surface area contributed by atoms with E-state index in [9.17, 15) is 9.59 Å². The van der Waals surface area contributed by atoms with E-state index in [1.807, 2.05) is 19.1 Å². The number of halogens is 1. The normalized spacial score (nSPS) is 22.3. The lowest BCUT2D eigenvalue weighted by Crippen LogP contribution is -2.33. The van der Waals surface area contributed by atoms with E-state index in [4.69, 9.17) is 5.11 Å². The summed E-state index contributed by atoms with van der Waals surface area (Å²) in [5.74, 6) is -1.34. The molecular formula is C13H15BrN2O3. The molecule has 1 aliphatic rings. The molecule has 0 radical (unpaired) electrons. The topological polar surface area (TPSA) is 69.6 Å². The van der Waals surface area contributed by atoms with E-state index in [1.54, 1.807) is 17.0 Å². The Bertz CT molecular complexity index is 506. The molecule has 1 saturated heterocycles. The van der Waals surface area contributed by atoms with Crippen molar-refractivity contribution >= 4 is 33.6 Å². The van der Waals surface area contributed by atoms with Gasteiger partial charge < -0.3 is 15.3 Å². The highest BCUT2D eigenvalue weighted by Gasteiger charge is 2.36. The van der Waals surface area contributed by atoms with E-state index in [-0.39, 0.29) is 18.5 Å². The number of carboxylic acid groups (broad SMARTS) is 1. The molecule has 1 aromatic rings. The van der Waals surface area contributed by atoms with Gasteiger partial charge in [0.25, 0.3) is 0 Å². The van der Waals surface area contributed by atoms with Crippen LogP contribution in [-0.2, 0) is 4.79 Å². The largest absolute Gasteiger partial charge is 0.481 e. The highest BCUT2D eigenvalue weighted by atomic mass is 79.9. The van der Waals surface area contributed by atoms with Crippen LogP contribution >= 0.6 is 15.9 Å². The second kappa shape index (κ2) is 5.61. The number of hydrogen-bond donors (Lipinski definition) is 2. The minimum absolute atomic E-state index is 0.0224. The molecule has 1 fully saturated rings. The second-order valence-electron chi connectivity index (χ2n) is 4.77. The smallest absolute Gasteiger partial charge is 0.321 e. The summed E-state index contributed by atoms with van der Waals surface area (Å²) in [6.07, 6.45) is 0.